The van der Waals surface area contributed by atoms with Crippen molar-refractivity contribution in [1.82, 2.24) is 0 Å². The maximum Gasteiger partial charge on any atom is 0.354 e. The van der Waals surface area contributed by atoms with Crippen molar-refractivity contribution in [2.75, 3.05) is 12.3 Å². The zero-order valence-electron chi connectivity index (χ0n) is 11.6. The highest BCUT2D eigenvalue weighted by Crippen LogP contribution is 2.32. The zero-order chi connectivity index (χ0) is 16.3. The number of nitrogens with one attached hydrogen (secondary N) is 1. The van der Waals surface area contributed by atoms with Gasteiger partial charge in [0.1, 0.15) is 5.71 Å². The number of aliphatic hydroxyl groups excluding tert-OH is 1. The van der Waals surface area contributed by atoms with Crippen LogP contribution >= 0.6 is 11.6 Å². The van der Waals surface area contributed by atoms with E-state index in [1.807, 2.05) is 24.3 Å². The van der Waals surface area contributed by atoms with Crippen molar-refractivity contribution in [2.24, 2.45) is 0 Å². The van der Waals surface area contributed by atoms with Gasteiger partial charge in [-0.15, -0.1) is 0 Å². The molecule has 0 bridgehead atoms. The molecule has 6 heteroatoms. The van der Waals surface area contributed by atoms with E-state index < -0.39 is 11.7 Å². The Bertz CT molecular complexity index is 727. The molecule has 2 aromatic carbocycles. The largest absolute Gasteiger partial charge is 0.477 e. The van der Waals surface area contributed by atoms with Crippen LogP contribution in [0.15, 0.2) is 36.4 Å². The molecule has 2 rings (SSSR count). The summed E-state index contributed by atoms with van der Waals surface area (Å²) in [6, 6.07) is 10.3. The van der Waals surface area contributed by atoms with E-state index in [1.165, 1.54) is 12.1 Å². The molecule has 2 aromatic rings. The van der Waals surface area contributed by atoms with Gasteiger partial charge in [-0.05, 0) is 29.7 Å². The molecule has 0 saturated carbocycles. The average molecular weight is 319 g/mol. The topological polar surface area (TPSA) is 107 Å². The molecule has 0 fully saturated rings. The van der Waals surface area contributed by atoms with Crippen molar-refractivity contribution in [1.29, 1.82) is 5.41 Å². The van der Waals surface area contributed by atoms with Gasteiger partial charge in [0, 0.05) is 23.4 Å². The van der Waals surface area contributed by atoms with E-state index >= 15 is 0 Å². The Labute approximate surface area is 132 Å². The van der Waals surface area contributed by atoms with Crippen molar-refractivity contribution in [3.8, 4) is 11.1 Å². The molecule has 0 atom stereocenters. The molecule has 0 spiro atoms. The predicted molar refractivity (Wildman–Crippen MR) is 86.6 cm³/mol. The second kappa shape index (κ2) is 6.60. The maximum absolute atomic E-state index is 11.0. The molecule has 22 heavy (non-hydrogen) atoms. The highest BCUT2D eigenvalue weighted by Gasteiger charge is 2.16. The van der Waals surface area contributed by atoms with Gasteiger partial charge in [-0.3, -0.25) is 5.41 Å². The van der Waals surface area contributed by atoms with Crippen LogP contribution in [0.1, 0.15) is 11.1 Å². The number of aliphatic hydroxyl groups is 1. The molecule has 0 aliphatic carbocycles. The lowest BCUT2D eigenvalue weighted by Crippen LogP contribution is -2.15. The number of carboxylic acid groups (broad SMARTS) is 1. The first-order valence-electron chi connectivity index (χ1n) is 6.55. The number of aliphatic carboxylic acids is 1. The summed E-state index contributed by atoms with van der Waals surface area (Å²) in [7, 11) is 0. The van der Waals surface area contributed by atoms with Gasteiger partial charge in [-0.25, -0.2) is 4.79 Å². The number of carbonyl (C=O) groups is 1. The van der Waals surface area contributed by atoms with E-state index in [2.05, 4.69) is 0 Å². The quantitative estimate of drug-likeness (QED) is 0.502. The van der Waals surface area contributed by atoms with Gasteiger partial charge >= 0.3 is 5.97 Å². The van der Waals surface area contributed by atoms with Crippen molar-refractivity contribution < 1.29 is 15.0 Å². The molecule has 5 nitrogen and oxygen atoms in total. The van der Waals surface area contributed by atoms with Gasteiger partial charge in [0.15, 0.2) is 0 Å². The lowest BCUT2D eigenvalue weighted by atomic mass is 9.98. The van der Waals surface area contributed by atoms with Gasteiger partial charge < -0.3 is 15.9 Å². The monoisotopic (exact) mass is 318 g/mol. The van der Waals surface area contributed by atoms with Crippen molar-refractivity contribution in [3.63, 3.8) is 0 Å². The minimum absolute atomic E-state index is 0.0713. The molecule has 0 aliphatic heterocycles. The third-order valence-electron chi connectivity index (χ3n) is 3.29. The predicted octanol–water partition coefficient (Wildman–Crippen LogP) is 2.58. The summed E-state index contributed by atoms with van der Waals surface area (Å²) in [5.41, 5.74) is 7.83. The van der Waals surface area contributed by atoms with Gasteiger partial charge in [0.05, 0.1) is 5.02 Å². The molecule has 0 saturated heterocycles. The van der Waals surface area contributed by atoms with E-state index in [0.29, 0.717) is 17.0 Å². The van der Waals surface area contributed by atoms with Crippen molar-refractivity contribution >= 4 is 29.0 Å². The molecule has 0 amide bonds. The second-order valence-electron chi connectivity index (χ2n) is 4.77. The first-order chi connectivity index (χ1) is 10.4. The van der Waals surface area contributed by atoms with Crippen LogP contribution < -0.4 is 5.73 Å². The molecule has 114 valence electrons. The number of anilines is 1. The summed E-state index contributed by atoms with van der Waals surface area (Å²) in [5.74, 6) is -1.35. The Kier molecular flexibility index (Phi) is 4.80. The van der Waals surface area contributed by atoms with Crippen LogP contribution in [0.3, 0.4) is 0 Å². The molecule has 0 radical (unpaired) electrons. The molecule has 5 N–H and O–H groups in total. The third-order valence-corrected chi connectivity index (χ3v) is 3.60. The van der Waals surface area contributed by atoms with Crippen molar-refractivity contribution in [2.45, 2.75) is 6.42 Å². The molecule has 0 heterocycles. The normalized spacial score (nSPS) is 10.5. The Hall–Kier alpha value is -2.37. The number of carboxylic acids is 1. The number of hydrogen-bond donors (Lipinski definition) is 4. The van der Waals surface area contributed by atoms with Crippen LogP contribution in [0.5, 0.6) is 0 Å². The van der Waals surface area contributed by atoms with E-state index in [1.54, 1.807) is 0 Å². The fraction of sp³-hybridized carbons (Fsp3) is 0.125. The molecule has 0 unspecified atom stereocenters. The Morgan fingerprint density at radius 3 is 2.41 bits per heavy atom. The number of nitrogen functional groups attached to an aromatic ring is 1. The second-order valence-corrected chi connectivity index (χ2v) is 5.18. The minimum atomic E-state index is -1.35. The van der Waals surface area contributed by atoms with E-state index in [0.717, 1.165) is 11.1 Å². The Morgan fingerprint density at radius 2 is 1.86 bits per heavy atom. The van der Waals surface area contributed by atoms with Crippen LogP contribution in [0, 0.1) is 5.41 Å². The molecule has 0 aromatic heterocycles. The number of hydrogen-bond acceptors (Lipinski definition) is 4. The Morgan fingerprint density at radius 1 is 1.23 bits per heavy atom. The summed E-state index contributed by atoms with van der Waals surface area (Å²) in [6.45, 7) is 0.0713. The highest BCUT2D eigenvalue weighted by atomic mass is 35.5. The fourth-order valence-corrected chi connectivity index (χ4v) is 2.40. The number of nitrogens with two attached hydrogens (primary N) is 1. The number of benzene rings is 2. The van der Waals surface area contributed by atoms with Gasteiger partial charge in [-0.1, -0.05) is 35.9 Å². The molecular weight excluding hydrogens is 304 g/mol. The minimum Gasteiger partial charge on any atom is -0.477 e. The molecular formula is C16H15ClN2O3. The summed E-state index contributed by atoms with van der Waals surface area (Å²) >= 11 is 6.18. The summed E-state index contributed by atoms with van der Waals surface area (Å²) in [4.78, 5) is 11.0. The van der Waals surface area contributed by atoms with E-state index in [-0.39, 0.29) is 17.9 Å². The highest BCUT2D eigenvalue weighted by molar-refractivity contribution is 6.43. The smallest absolute Gasteiger partial charge is 0.354 e. The van der Waals surface area contributed by atoms with E-state index in [9.17, 15) is 4.79 Å². The maximum atomic E-state index is 11.0. The van der Waals surface area contributed by atoms with Crippen molar-refractivity contribution in [3.05, 3.63) is 52.5 Å². The van der Waals surface area contributed by atoms with E-state index in [4.69, 9.17) is 33.0 Å². The fourth-order valence-electron chi connectivity index (χ4n) is 2.12. The van der Waals surface area contributed by atoms with Crippen LogP contribution in [0.25, 0.3) is 11.1 Å². The standard InChI is InChI=1S/C16H15ClN2O3/c17-13-8-14(18)12(15(19)16(21)22)7-11(13)10-3-1-9(2-4-10)5-6-20/h1-4,7-8,19-20H,5-6,18H2,(H,21,22). The first-order valence-corrected chi connectivity index (χ1v) is 6.93. The summed E-state index contributed by atoms with van der Waals surface area (Å²) in [5, 5.41) is 25.8. The van der Waals surface area contributed by atoms with Gasteiger partial charge in [0.25, 0.3) is 0 Å². The SMILES string of the molecule is N=C(C(=O)O)c1cc(-c2ccc(CCO)cc2)c(Cl)cc1N. The summed E-state index contributed by atoms with van der Waals surface area (Å²) < 4.78 is 0. The van der Waals surface area contributed by atoms with Gasteiger partial charge in [-0.2, -0.15) is 0 Å². The van der Waals surface area contributed by atoms with Gasteiger partial charge in [0.2, 0.25) is 0 Å². The van der Waals surface area contributed by atoms with Crippen LogP contribution in [-0.4, -0.2) is 28.5 Å². The Balaban J connectivity index is 2.48. The number of rotatable bonds is 5. The van der Waals surface area contributed by atoms with Crippen LogP contribution in [-0.2, 0) is 11.2 Å². The molecule has 0 aliphatic rings. The first kappa shape index (κ1) is 16.0. The third kappa shape index (κ3) is 3.27. The lowest BCUT2D eigenvalue weighted by Gasteiger charge is -2.11. The lowest BCUT2D eigenvalue weighted by molar-refractivity contribution is -0.129. The van der Waals surface area contributed by atoms with Crippen LogP contribution in [0.4, 0.5) is 5.69 Å². The average Bonchev–Trinajstić information content (AvgIpc) is 2.48. The number of halogens is 1. The van der Waals surface area contributed by atoms with Crippen LogP contribution in [0.2, 0.25) is 5.02 Å². The summed E-state index contributed by atoms with van der Waals surface area (Å²) in [6.07, 6.45) is 0.560. The zero-order valence-corrected chi connectivity index (χ0v) is 12.4.